The normalized spacial score (nSPS) is 18.5. The highest BCUT2D eigenvalue weighted by atomic mass is 32.1. The molecule has 2 N–H and O–H groups in total. The van der Waals surface area contributed by atoms with Crippen LogP contribution in [0.4, 0.5) is 11.8 Å². The number of ketones is 1. The van der Waals surface area contributed by atoms with Gasteiger partial charge in [-0.2, -0.15) is 4.98 Å². The SMILES string of the molecule is CC(=O)c1ccc(C(=O)NC2CCC(Nc3nc(N(C)C)c4ccccc4n3)CC2)s1. The summed E-state index contributed by atoms with van der Waals surface area (Å²) in [6.07, 6.45) is 3.65. The Hall–Kier alpha value is -3.00. The van der Waals surface area contributed by atoms with E-state index in [1.807, 2.05) is 43.3 Å². The number of anilines is 2. The number of Topliss-reactive ketones (excluding diaryl/α,β-unsaturated/α-hetero) is 1. The second kappa shape index (κ2) is 9.01. The average molecular weight is 438 g/mol. The first-order valence-corrected chi connectivity index (χ1v) is 11.3. The zero-order valence-corrected chi connectivity index (χ0v) is 18.8. The maximum Gasteiger partial charge on any atom is 0.261 e. The van der Waals surface area contributed by atoms with Gasteiger partial charge in [0, 0.05) is 31.6 Å². The molecule has 31 heavy (non-hydrogen) atoms. The zero-order valence-electron chi connectivity index (χ0n) is 18.0. The molecule has 0 radical (unpaired) electrons. The Labute approximate surface area is 185 Å². The van der Waals surface area contributed by atoms with E-state index in [0.717, 1.165) is 42.4 Å². The number of aromatic nitrogens is 2. The Morgan fingerprint density at radius 1 is 0.968 bits per heavy atom. The van der Waals surface area contributed by atoms with E-state index in [1.165, 1.54) is 18.3 Å². The highest BCUT2D eigenvalue weighted by Gasteiger charge is 2.24. The largest absolute Gasteiger partial charge is 0.362 e. The van der Waals surface area contributed by atoms with E-state index in [1.54, 1.807) is 12.1 Å². The minimum absolute atomic E-state index is 0.0102. The molecule has 162 valence electrons. The van der Waals surface area contributed by atoms with Crippen molar-refractivity contribution in [1.82, 2.24) is 15.3 Å². The van der Waals surface area contributed by atoms with Crippen molar-refractivity contribution in [3.05, 3.63) is 46.2 Å². The smallest absolute Gasteiger partial charge is 0.261 e. The number of carbonyl (C=O) groups is 2. The highest BCUT2D eigenvalue weighted by molar-refractivity contribution is 7.15. The number of rotatable bonds is 6. The number of nitrogens with zero attached hydrogens (tertiary/aromatic N) is 3. The lowest BCUT2D eigenvalue weighted by molar-refractivity contribution is 0.0930. The molecule has 1 aromatic carbocycles. The van der Waals surface area contributed by atoms with E-state index < -0.39 is 0 Å². The first-order chi connectivity index (χ1) is 14.9. The topological polar surface area (TPSA) is 87.2 Å². The summed E-state index contributed by atoms with van der Waals surface area (Å²) < 4.78 is 0. The van der Waals surface area contributed by atoms with E-state index in [9.17, 15) is 9.59 Å². The van der Waals surface area contributed by atoms with E-state index in [-0.39, 0.29) is 23.8 Å². The Morgan fingerprint density at radius 3 is 2.32 bits per heavy atom. The van der Waals surface area contributed by atoms with E-state index in [2.05, 4.69) is 10.6 Å². The Morgan fingerprint density at radius 2 is 1.65 bits per heavy atom. The molecule has 0 spiro atoms. The molecule has 2 heterocycles. The minimum Gasteiger partial charge on any atom is -0.362 e. The van der Waals surface area contributed by atoms with Crippen LogP contribution in [-0.2, 0) is 0 Å². The zero-order chi connectivity index (χ0) is 22.0. The van der Waals surface area contributed by atoms with Crippen molar-refractivity contribution < 1.29 is 9.59 Å². The minimum atomic E-state index is -0.0950. The third-order valence-corrected chi connectivity index (χ3v) is 6.76. The first-order valence-electron chi connectivity index (χ1n) is 10.5. The number of hydrogen-bond acceptors (Lipinski definition) is 7. The third-order valence-electron chi connectivity index (χ3n) is 5.58. The predicted molar refractivity (Wildman–Crippen MR) is 125 cm³/mol. The summed E-state index contributed by atoms with van der Waals surface area (Å²) in [6, 6.07) is 11.9. The van der Waals surface area contributed by atoms with Gasteiger partial charge in [0.1, 0.15) is 5.82 Å². The molecular weight excluding hydrogens is 410 g/mol. The molecular formula is C23H27N5O2S. The van der Waals surface area contributed by atoms with Gasteiger partial charge in [0.15, 0.2) is 5.78 Å². The van der Waals surface area contributed by atoms with Crippen LogP contribution >= 0.6 is 11.3 Å². The van der Waals surface area contributed by atoms with Crippen LogP contribution in [0.5, 0.6) is 0 Å². The molecule has 8 heteroatoms. The number of fused-ring (bicyclic) bond motifs is 1. The van der Waals surface area contributed by atoms with Gasteiger partial charge in [0.2, 0.25) is 5.95 Å². The van der Waals surface area contributed by atoms with Crippen LogP contribution in [-0.4, -0.2) is 47.8 Å². The number of para-hydroxylation sites is 1. The molecule has 3 aromatic rings. The van der Waals surface area contributed by atoms with Gasteiger partial charge in [-0.15, -0.1) is 11.3 Å². The molecule has 1 fully saturated rings. The van der Waals surface area contributed by atoms with Crippen LogP contribution in [0.15, 0.2) is 36.4 Å². The molecule has 1 aliphatic rings. The van der Waals surface area contributed by atoms with E-state index >= 15 is 0 Å². The fourth-order valence-electron chi connectivity index (χ4n) is 3.94. The lowest BCUT2D eigenvalue weighted by Crippen LogP contribution is -2.40. The van der Waals surface area contributed by atoms with E-state index in [0.29, 0.717) is 15.7 Å². The lowest BCUT2D eigenvalue weighted by atomic mass is 9.91. The number of carbonyl (C=O) groups excluding carboxylic acids is 2. The van der Waals surface area contributed by atoms with Gasteiger partial charge in [-0.05, 0) is 56.9 Å². The maximum atomic E-state index is 12.5. The molecule has 1 saturated carbocycles. The molecule has 1 amide bonds. The van der Waals surface area contributed by atoms with Crippen LogP contribution < -0.4 is 15.5 Å². The number of benzene rings is 1. The summed E-state index contributed by atoms with van der Waals surface area (Å²) in [4.78, 5) is 36.6. The van der Waals surface area contributed by atoms with Crippen molar-refractivity contribution in [2.45, 2.75) is 44.7 Å². The molecule has 0 aliphatic heterocycles. The first kappa shape index (κ1) is 21.2. The molecule has 0 atom stereocenters. The summed E-state index contributed by atoms with van der Waals surface area (Å²) in [7, 11) is 3.97. The van der Waals surface area contributed by atoms with Crippen molar-refractivity contribution in [3.63, 3.8) is 0 Å². The highest BCUT2D eigenvalue weighted by Crippen LogP contribution is 2.26. The van der Waals surface area contributed by atoms with Gasteiger partial charge in [0.05, 0.1) is 15.3 Å². The van der Waals surface area contributed by atoms with Crippen molar-refractivity contribution in [3.8, 4) is 0 Å². The maximum absolute atomic E-state index is 12.5. The van der Waals surface area contributed by atoms with Crippen LogP contribution in [0.3, 0.4) is 0 Å². The summed E-state index contributed by atoms with van der Waals surface area (Å²) >= 11 is 1.25. The van der Waals surface area contributed by atoms with Crippen molar-refractivity contribution in [2.24, 2.45) is 0 Å². The van der Waals surface area contributed by atoms with Crippen LogP contribution in [0.1, 0.15) is 52.0 Å². The second-order valence-corrected chi connectivity index (χ2v) is 9.25. The van der Waals surface area contributed by atoms with Crippen molar-refractivity contribution >= 4 is 45.7 Å². The molecule has 4 rings (SSSR count). The predicted octanol–water partition coefficient (Wildman–Crippen LogP) is 4.11. The third kappa shape index (κ3) is 4.85. The number of hydrogen-bond donors (Lipinski definition) is 2. The van der Waals surface area contributed by atoms with Crippen molar-refractivity contribution in [2.75, 3.05) is 24.3 Å². The fourth-order valence-corrected chi connectivity index (χ4v) is 4.74. The van der Waals surface area contributed by atoms with Crippen molar-refractivity contribution in [1.29, 1.82) is 0 Å². The summed E-state index contributed by atoms with van der Waals surface area (Å²) in [5.74, 6) is 1.44. The Kier molecular flexibility index (Phi) is 6.18. The molecule has 1 aliphatic carbocycles. The van der Waals surface area contributed by atoms with Crippen LogP contribution in [0.25, 0.3) is 10.9 Å². The van der Waals surface area contributed by atoms with Gasteiger partial charge in [-0.1, -0.05) is 12.1 Å². The van der Waals surface area contributed by atoms with Crippen LogP contribution in [0.2, 0.25) is 0 Å². The fraction of sp³-hybridized carbons (Fsp3) is 0.391. The Bertz CT molecular complexity index is 1100. The van der Waals surface area contributed by atoms with Crippen LogP contribution in [0, 0.1) is 0 Å². The van der Waals surface area contributed by atoms with E-state index in [4.69, 9.17) is 9.97 Å². The van der Waals surface area contributed by atoms with Gasteiger partial charge >= 0.3 is 0 Å². The summed E-state index contributed by atoms with van der Waals surface area (Å²) in [6.45, 7) is 1.52. The lowest BCUT2D eigenvalue weighted by Gasteiger charge is -2.29. The molecule has 0 saturated heterocycles. The summed E-state index contributed by atoms with van der Waals surface area (Å²) in [5.41, 5.74) is 0.922. The Balaban J connectivity index is 1.36. The standard InChI is InChI=1S/C23H27N5O2S/c1-14(29)19-12-13-20(31-19)22(30)24-15-8-10-16(11-9-15)25-23-26-18-7-5-4-6-17(18)21(27-23)28(2)3/h4-7,12-13,15-16H,8-11H2,1-3H3,(H,24,30)(H,25,26,27). The quantitative estimate of drug-likeness (QED) is 0.564. The molecule has 7 nitrogen and oxygen atoms in total. The van der Waals surface area contributed by atoms with Gasteiger partial charge in [0.25, 0.3) is 5.91 Å². The monoisotopic (exact) mass is 437 g/mol. The second-order valence-electron chi connectivity index (χ2n) is 8.17. The van der Waals surface area contributed by atoms with Gasteiger partial charge in [-0.25, -0.2) is 4.98 Å². The molecule has 0 bridgehead atoms. The molecule has 2 aromatic heterocycles. The van der Waals surface area contributed by atoms with Gasteiger partial charge in [-0.3, -0.25) is 9.59 Å². The number of thiophene rings is 1. The number of nitrogens with one attached hydrogen (secondary N) is 2. The number of amides is 1. The molecule has 0 unspecified atom stereocenters. The summed E-state index contributed by atoms with van der Waals surface area (Å²) in [5, 5.41) is 7.64. The van der Waals surface area contributed by atoms with Gasteiger partial charge < -0.3 is 15.5 Å². The average Bonchev–Trinajstić information content (AvgIpc) is 3.25.